The molecule has 46 heavy (non-hydrogen) atoms. The fourth-order valence-electron chi connectivity index (χ4n) is 5.35. The first-order valence-electron chi connectivity index (χ1n) is 19.0. The highest BCUT2D eigenvalue weighted by Crippen LogP contribution is 2.43. The molecule has 0 saturated heterocycles. The highest BCUT2D eigenvalue weighted by Gasteiger charge is 2.26. The van der Waals surface area contributed by atoms with Crippen LogP contribution in [0.1, 0.15) is 174 Å². The molecule has 272 valence electrons. The summed E-state index contributed by atoms with van der Waals surface area (Å²) in [6, 6.07) is -0.860. The molecule has 9 heteroatoms. The van der Waals surface area contributed by atoms with Crippen molar-refractivity contribution in [2.24, 2.45) is 5.73 Å². The summed E-state index contributed by atoms with van der Waals surface area (Å²) in [6.07, 6.45) is 36.5. The van der Waals surface area contributed by atoms with Crippen LogP contribution in [0.4, 0.5) is 0 Å². The summed E-state index contributed by atoms with van der Waals surface area (Å²) in [5.74, 6) is -0.206. The van der Waals surface area contributed by atoms with Gasteiger partial charge in [0.25, 0.3) is 0 Å². The minimum absolute atomic E-state index is 0.0777. The lowest BCUT2D eigenvalue weighted by atomic mass is 10.0. The normalized spacial score (nSPS) is 14.6. The Morgan fingerprint density at radius 1 is 0.696 bits per heavy atom. The van der Waals surface area contributed by atoms with E-state index in [0.717, 1.165) is 57.8 Å². The van der Waals surface area contributed by atoms with E-state index >= 15 is 0 Å². The van der Waals surface area contributed by atoms with Crippen LogP contribution in [-0.4, -0.2) is 47.8 Å². The van der Waals surface area contributed by atoms with Crippen LogP contribution in [0.5, 0.6) is 0 Å². The predicted octanol–water partition coefficient (Wildman–Crippen LogP) is 9.83. The van der Waals surface area contributed by atoms with Gasteiger partial charge in [0, 0.05) is 13.0 Å². The Kier molecular flexibility index (Phi) is 33.1. The van der Waals surface area contributed by atoms with E-state index in [2.05, 4.69) is 31.3 Å². The fraction of sp³-hybridized carbons (Fsp3) is 0.865. The lowest BCUT2D eigenvalue weighted by Crippen LogP contribution is -2.45. The van der Waals surface area contributed by atoms with Gasteiger partial charge in [-0.25, -0.2) is 4.57 Å². The Hall–Kier alpha value is -1.02. The van der Waals surface area contributed by atoms with Crippen molar-refractivity contribution >= 4 is 13.7 Å². The van der Waals surface area contributed by atoms with Crippen molar-refractivity contribution in [1.82, 2.24) is 5.32 Å². The summed E-state index contributed by atoms with van der Waals surface area (Å²) in [7, 11) is -4.33. The molecule has 0 fully saturated rings. The van der Waals surface area contributed by atoms with Crippen LogP contribution in [0.15, 0.2) is 24.3 Å². The van der Waals surface area contributed by atoms with Gasteiger partial charge in [-0.15, -0.1) is 0 Å². The van der Waals surface area contributed by atoms with E-state index in [4.69, 9.17) is 14.8 Å². The second-order valence-corrected chi connectivity index (χ2v) is 14.2. The van der Waals surface area contributed by atoms with Crippen LogP contribution in [0.25, 0.3) is 0 Å². The highest BCUT2D eigenvalue weighted by atomic mass is 31.2. The number of aliphatic hydroxyl groups excluding tert-OH is 1. The average molecular weight is 673 g/mol. The monoisotopic (exact) mass is 673 g/mol. The lowest BCUT2D eigenvalue weighted by molar-refractivity contribution is -0.123. The maximum atomic E-state index is 12.6. The molecule has 3 atom stereocenters. The molecule has 0 aromatic rings. The predicted molar refractivity (Wildman–Crippen MR) is 194 cm³/mol. The van der Waals surface area contributed by atoms with Crippen LogP contribution in [0.2, 0.25) is 0 Å². The largest absolute Gasteiger partial charge is 0.472 e. The molecule has 0 heterocycles. The molecule has 5 N–H and O–H groups in total. The van der Waals surface area contributed by atoms with Crippen molar-refractivity contribution in [3.8, 4) is 0 Å². The van der Waals surface area contributed by atoms with Gasteiger partial charge in [0.05, 0.1) is 25.4 Å². The number of carbonyl (C=O) groups is 1. The van der Waals surface area contributed by atoms with E-state index in [1.54, 1.807) is 6.08 Å². The number of phosphoric ester groups is 1. The highest BCUT2D eigenvalue weighted by molar-refractivity contribution is 7.47. The number of unbranched alkanes of at least 4 members (excludes halogenated alkanes) is 21. The number of aliphatic hydroxyl groups is 1. The third-order valence-corrected chi connectivity index (χ3v) is 9.26. The lowest BCUT2D eigenvalue weighted by Gasteiger charge is -2.23. The van der Waals surface area contributed by atoms with Crippen molar-refractivity contribution < 1.29 is 28.4 Å². The standard InChI is InChI=1S/C37H73N2O6P/c1-3-5-7-9-11-13-15-16-17-18-19-21-22-24-26-28-30-36(40)35(34-45-46(42,43)44-33-32-38)39-37(41)31-29-27-25-23-20-14-12-10-8-6-4-2/h10,12,28,30,35-36,40H,3-9,11,13-27,29,31-34,38H2,1-2H3,(H,39,41)(H,42,43)/b12-10-,30-28+. The molecule has 0 spiro atoms. The quantitative estimate of drug-likeness (QED) is 0.0299. The van der Waals surface area contributed by atoms with E-state index in [9.17, 15) is 19.4 Å². The summed E-state index contributed by atoms with van der Waals surface area (Å²) in [4.78, 5) is 22.5. The zero-order valence-electron chi connectivity index (χ0n) is 29.8. The number of nitrogens with one attached hydrogen (secondary N) is 1. The molecule has 0 radical (unpaired) electrons. The zero-order chi connectivity index (χ0) is 34.0. The van der Waals surface area contributed by atoms with Gasteiger partial charge >= 0.3 is 7.82 Å². The van der Waals surface area contributed by atoms with Crippen molar-refractivity contribution in [1.29, 1.82) is 0 Å². The first-order chi connectivity index (χ1) is 22.4. The Balaban J connectivity index is 4.31. The van der Waals surface area contributed by atoms with E-state index in [1.165, 1.54) is 96.3 Å². The van der Waals surface area contributed by atoms with Gasteiger partial charge < -0.3 is 21.1 Å². The number of phosphoric acid groups is 1. The van der Waals surface area contributed by atoms with Crippen LogP contribution in [-0.2, 0) is 18.4 Å². The topological polar surface area (TPSA) is 131 Å². The maximum Gasteiger partial charge on any atom is 0.472 e. The maximum absolute atomic E-state index is 12.6. The van der Waals surface area contributed by atoms with Crippen LogP contribution in [0.3, 0.4) is 0 Å². The first-order valence-corrected chi connectivity index (χ1v) is 20.5. The van der Waals surface area contributed by atoms with Gasteiger partial charge in [0.15, 0.2) is 0 Å². The summed E-state index contributed by atoms with van der Waals surface area (Å²) in [5, 5.41) is 13.6. The smallest absolute Gasteiger partial charge is 0.387 e. The summed E-state index contributed by atoms with van der Waals surface area (Å²) < 4.78 is 22.0. The molecular formula is C37H73N2O6P. The molecule has 3 unspecified atom stereocenters. The van der Waals surface area contributed by atoms with Gasteiger partial charge in [0.1, 0.15) is 0 Å². The third kappa shape index (κ3) is 31.6. The van der Waals surface area contributed by atoms with Crippen molar-refractivity contribution in [2.75, 3.05) is 19.8 Å². The van der Waals surface area contributed by atoms with Crippen molar-refractivity contribution in [3.05, 3.63) is 24.3 Å². The van der Waals surface area contributed by atoms with Gasteiger partial charge in [0.2, 0.25) is 5.91 Å². The molecule has 0 bridgehead atoms. The summed E-state index contributed by atoms with van der Waals surface area (Å²) in [5.41, 5.74) is 5.35. The Morgan fingerprint density at radius 3 is 1.67 bits per heavy atom. The SMILES string of the molecule is CCCC/C=C\CCCCCCCC(=O)NC(COP(=O)(O)OCCN)C(O)/C=C/CCCCCCCCCCCCCCCC. The van der Waals surface area contributed by atoms with Gasteiger partial charge in [-0.05, 0) is 38.5 Å². The molecule has 0 saturated carbocycles. The van der Waals surface area contributed by atoms with Crippen molar-refractivity contribution in [3.63, 3.8) is 0 Å². The van der Waals surface area contributed by atoms with E-state index in [1.807, 2.05) is 6.08 Å². The molecule has 0 aliphatic heterocycles. The van der Waals surface area contributed by atoms with Crippen LogP contribution < -0.4 is 11.1 Å². The summed E-state index contributed by atoms with van der Waals surface area (Å²) in [6.45, 7) is 4.08. The zero-order valence-corrected chi connectivity index (χ0v) is 30.7. The molecule has 0 aromatic carbocycles. The molecule has 1 amide bonds. The van der Waals surface area contributed by atoms with E-state index in [-0.39, 0.29) is 25.7 Å². The van der Waals surface area contributed by atoms with Gasteiger partial charge in [-0.2, -0.15) is 0 Å². The Bertz CT molecular complexity index is 779. The minimum Gasteiger partial charge on any atom is -0.387 e. The average Bonchev–Trinajstić information content (AvgIpc) is 3.04. The summed E-state index contributed by atoms with van der Waals surface area (Å²) >= 11 is 0. The fourth-order valence-corrected chi connectivity index (χ4v) is 6.11. The van der Waals surface area contributed by atoms with Gasteiger partial charge in [-0.1, -0.05) is 154 Å². The number of allylic oxidation sites excluding steroid dienone is 3. The number of amides is 1. The second kappa shape index (κ2) is 33.9. The van der Waals surface area contributed by atoms with Crippen LogP contribution >= 0.6 is 7.82 Å². The number of rotatable bonds is 35. The second-order valence-electron chi connectivity index (χ2n) is 12.8. The Labute approximate surface area is 283 Å². The number of carbonyl (C=O) groups excluding carboxylic acids is 1. The molecule has 8 nitrogen and oxygen atoms in total. The number of nitrogens with two attached hydrogens (primary N) is 1. The Morgan fingerprint density at radius 2 is 1.15 bits per heavy atom. The number of hydrogen-bond acceptors (Lipinski definition) is 6. The molecular weight excluding hydrogens is 599 g/mol. The van der Waals surface area contributed by atoms with Crippen molar-refractivity contribution in [2.45, 2.75) is 187 Å². The molecule has 0 rings (SSSR count). The molecule has 0 aromatic heterocycles. The van der Waals surface area contributed by atoms with Crippen LogP contribution in [0, 0.1) is 0 Å². The minimum atomic E-state index is -4.33. The number of hydrogen-bond donors (Lipinski definition) is 4. The van der Waals surface area contributed by atoms with Gasteiger partial charge in [-0.3, -0.25) is 13.8 Å². The molecule has 0 aliphatic carbocycles. The third-order valence-electron chi connectivity index (χ3n) is 8.27. The molecule has 0 aliphatic rings. The van der Waals surface area contributed by atoms with E-state index in [0.29, 0.717) is 6.42 Å². The first kappa shape index (κ1) is 45.0. The van der Waals surface area contributed by atoms with E-state index < -0.39 is 20.0 Å².